The molecule has 0 unspecified atom stereocenters. The summed E-state index contributed by atoms with van der Waals surface area (Å²) < 4.78 is 18.5. The van der Waals surface area contributed by atoms with Crippen molar-refractivity contribution in [1.82, 2.24) is 5.32 Å². The lowest BCUT2D eigenvalue weighted by atomic mass is 10.1. The molecular weight excluding hydrogens is 217 g/mol. The molecule has 0 fully saturated rings. The molecule has 0 radical (unpaired) electrons. The molecule has 0 bridgehead atoms. The Labute approximate surface area is 103 Å². The van der Waals surface area contributed by atoms with Crippen LogP contribution in [-0.2, 0) is 11.3 Å². The van der Waals surface area contributed by atoms with Crippen molar-refractivity contribution < 1.29 is 9.13 Å². The number of hydrogen-bond donors (Lipinski definition) is 1. The van der Waals surface area contributed by atoms with Crippen molar-refractivity contribution >= 4 is 0 Å². The average molecular weight is 239 g/mol. The second-order valence-electron chi connectivity index (χ2n) is 4.23. The molecule has 0 saturated heterocycles. The summed E-state index contributed by atoms with van der Waals surface area (Å²) in [4.78, 5) is 0. The highest BCUT2D eigenvalue weighted by atomic mass is 19.1. The Morgan fingerprint density at radius 3 is 2.82 bits per heavy atom. The van der Waals surface area contributed by atoms with E-state index in [1.54, 1.807) is 6.92 Å². The maximum absolute atomic E-state index is 13.0. The highest BCUT2D eigenvalue weighted by molar-refractivity contribution is 5.23. The molecule has 0 aliphatic rings. The van der Waals surface area contributed by atoms with Gasteiger partial charge in [-0.3, -0.25) is 0 Å². The van der Waals surface area contributed by atoms with Gasteiger partial charge in [-0.1, -0.05) is 25.5 Å². The van der Waals surface area contributed by atoms with Crippen LogP contribution in [0.15, 0.2) is 18.2 Å². The predicted molar refractivity (Wildman–Crippen MR) is 68.6 cm³/mol. The van der Waals surface area contributed by atoms with Crippen LogP contribution >= 0.6 is 0 Å². The normalized spacial score (nSPS) is 10.8. The number of benzene rings is 1. The Bertz CT molecular complexity index is 328. The zero-order chi connectivity index (χ0) is 12.5. The fraction of sp³-hybridized carbons (Fsp3) is 0.571. The van der Waals surface area contributed by atoms with Crippen molar-refractivity contribution in [2.24, 2.45) is 0 Å². The van der Waals surface area contributed by atoms with E-state index in [4.69, 9.17) is 4.74 Å². The van der Waals surface area contributed by atoms with E-state index in [-0.39, 0.29) is 5.82 Å². The molecular formula is C14H22FNO. The fourth-order valence-corrected chi connectivity index (χ4v) is 1.54. The molecule has 0 aliphatic carbocycles. The molecule has 2 nitrogen and oxygen atoms in total. The summed E-state index contributed by atoms with van der Waals surface area (Å²) in [7, 11) is 0. The lowest BCUT2D eigenvalue weighted by Crippen LogP contribution is -2.19. The summed E-state index contributed by atoms with van der Waals surface area (Å²) in [5.74, 6) is -0.142. The van der Waals surface area contributed by atoms with Crippen LogP contribution in [0.25, 0.3) is 0 Å². The molecule has 0 spiro atoms. The van der Waals surface area contributed by atoms with Gasteiger partial charge in [-0.05, 0) is 30.5 Å². The molecule has 1 aromatic carbocycles. The van der Waals surface area contributed by atoms with Gasteiger partial charge in [0.2, 0.25) is 0 Å². The van der Waals surface area contributed by atoms with Crippen molar-refractivity contribution in [1.29, 1.82) is 0 Å². The molecule has 0 atom stereocenters. The van der Waals surface area contributed by atoms with Gasteiger partial charge in [0.25, 0.3) is 0 Å². The first-order valence-corrected chi connectivity index (χ1v) is 6.27. The van der Waals surface area contributed by atoms with E-state index in [1.165, 1.54) is 12.5 Å². The number of halogens is 1. The minimum atomic E-state index is -0.142. The Morgan fingerprint density at radius 2 is 2.12 bits per heavy atom. The van der Waals surface area contributed by atoms with Crippen LogP contribution in [0.5, 0.6) is 0 Å². The van der Waals surface area contributed by atoms with Gasteiger partial charge in [-0.25, -0.2) is 4.39 Å². The second kappa shape index (κ2) is 8.20. The summed E-state index contributed by atoms with van der Waals surface area (Å²) in [5, 5.41) is 3.28. The molecule has 0 aliphatic heterocycles. The van der Waals surface area contributed by atoms with Gasteiger partial charge in [-0.2, -0.15) is 0 Å². The standard InChI is InChI=1S/C14H22FNO/c1-3-4-8-17-9-7-16-11-13-5-6-14(15)12(2)10-13/h5-6,10,16H,3-4,7-9,11H2,1-2H3. The van der Waals surface area contributed by atoms with E-state index < -0.39 is 0 Å². The number of nitrogens with one attached hydrogen (secondary N) is 1. The van der Waals surface area contributed by atoms with Gasteiger partial charge in [-0.15, -0.1) is 0 Å². The quantitative estimate of drug-likeness (QED) is 0.704. The minimum Gasteiger partial charge on any atom is -0.380 e. The first-order chi connectivity index (χ1) is 8.24. The van der Waals surface area contributed by atoms with E-state index in [9.17, 15) is 4.39 Å². The highest BCUT2D eigenvalue weighted by Crippen LogP contribution is 2.08. The van der Waals surface area contributed by atoms with Crippen molar-refractivity contribution in [3.05, 3.63) is 35.1 Å². The average Bonchev–Trinajstić information content (AvgIpc) is 2.32. The molecule has 0 heterocycles. The number of hydrogen-bond acceptors (Lipinski definition) is 2. The molecule has 1 aromatic rings. The van der Waals surface area contributed by atoms with Crippen molar-refractivity contribution in [2.45, 2.75) is 33.2 Å². The fourth-order valence-electron chi connectivity index (χ4n) is 1.54. The maximum atomic E-state index is 13.0. The molecule has 1 rings (SSSR count). The molecule has 0 amide bonds. The number of aryl methyl sites for hydroxylation is 1. The third kappa shape index (κ3) is 5.80. The number of ether oxygens (including phenoxy) is 1. The minimum absolute atomic E-state index is 0.142. The van der Waals surface area contributed by atoms with Crippen LogP contribution in [0.2, 0.25) is 0 Å². The first-order valence-electron chi connectivity index (χ1n) is 6.27. The topological polar surface area (TPSA) is 21.3 Å². The number of unbranched alkanes of at least 4 members (excludes halogenated alkanes) is 1. The molecule has 96 valence electrons. The van der Waals surface area contributed by atoms with Crippen LogP contribution in [0, 0.1) is 12.7 Å². The van der Waals surface area contributed by atoms with Crippen LogP contribution in [-0.4, -0.2) is 19.8 Å². The summed E-state index contributed by atoms with van der Waals surface area (Å²) in [6.07, 6.45) is 2.29. The lowest BCUT2D eigenvalue weighted by molar-refractivity contribution is 0.133. The van der Waals surface area contributed by atoms with E-state index in [2.05, 4.69) is 12.2 Å². The largest absolute Gasteiger partial charge is 0.380 e. The zero-order valence-electron chi connectivity index (χ0n) is 10.8. The van der Waals surface area contributed by atoms with Crippen LogP contribution in [0.4, 0.5) is 4.39 Å². The van der Waals surface area contributed by atoms with Gasteiger partial charge in [0.05, 0.1) is 6.61 Å². The molecule has 0 aromatic heterocycles. The van der Waals surface area contributed by atoms with Crippen LogP contribution in [0.1, 0.15) is 30.9 Å². The van der Waals surface area contributed by atoms with Gasteiger partial charge in [0.15, 0.2) is 0 Å². The van der Waals surface area contributed by atoms with Gasteiger partial charge >= 0.3 is 0 Å². The van der Waals surface area contributed by atoms with Crippen LogP contribution < -0.4 is 5.32 Å². The third-order valence-electron chi connectivity index (χ3n) is 2.62. The Balaban J connectivity index is 2.11. The van der Waals surface area contributed by atoms with E-state index in [0.717, 1.165) is 38.3 Å². The van der Waals surface area contributed by atoms with Gasteiger partial charge < -0.3 is 10.1 Å². The summed E-state index contributed by atoms with van der Waals surface area (Å²) >= 11 is 0. The van der Waals surface area contributed by atoms with E-state index in [0.29, 0.717) is 5.56 Å². The van der Waals surface area contributed by atoms with E-state index >= 15 is 0 Å². The Kier molecular flexibility index (Phi) is 6.82. The third-order valence-corrected chi connectivity index (χ3v) is 2.62. The number of rotatable bonds is 8. The molecule has 0 saturated carbocycles. The Hall–Kier alpha value is -0.930. The van der Waals surface area contributed by atoms with Gasteiger partial charge in [0, 0.05) is 19.7 Å². The zero-order valence-corrected chi connectivity index (χ0v) is 10.8. The van der Waals surface area contributed by atoms with Gasteiger partial charge in [0.1, 0.15) is 5.82 Å². The molecule has 1 N–H and O–H groups in total. The highest BCUT2D eigenvalue weighted by Gasteiger charge is 1.98. The van der Waals surface area contributed by atoms with Crippen LogP contribution in [0.3, 0.4) is 0 Å². The Morgan fingerprint density at radius 1 is 1.29 bits per heavy atom. The smallest absolute Gasteiger partial charge is 0.126 e. The predicted octanol–water partition coefficient (Wildman–Crippen LogP) is 3.04. The monoisotopic (exact) mass is 239 g/mol. The second-order valence-corrected chi connectivity index (χ2v) is 4.23. The maximum Gasteiger partial charge on any atom is 0.126 e. The lowest BCUT2D eigenvalue weighted by Gasteiger charge is -2.07. The first kappa shape index (κ1) is 14.1. The summed E-state index contributed by atoms with van der Waals surface area (Å²) in [6.45, 7) is 7.11. The van der Waals surface area contributed by atoms with Crippen molar-refractivity contribution in [3.8, 4) is 0 Å². The van der Waals surface area contributed by atoms with Crippen molar-refractivity contribution in [2.75, 3.05) is 19.8 Å². The summed E-state index contributed by atoms with van der Waals surface area (Å²) in [6, 6.07) is 5.21. The molecule has 17 heavy (non-hydrogen) atoms. The molecule has 3 heteroatoms. The van der Waals surface area contributed by atoms with Crippen molar-refractivity contribution in [3.63, 3.8) is 0 Å². The SMILES string of the molecule is CCCCOCCNCc1ccc(F)c(C)c1. The van der Waals surface area contributed by atoms with E-state index in [1.807, 2.05) is 12.1 Å². The summed E-state index contributed by atoms with van der Waals surface area (Å²) in [5.41, 5.74) is 1.81.